The maximum Gasteiger partial charge on any atom is 0.474 e. The zero-order valence-electron chi connectivity index (χ0n) is 19.9. The molecule has 0 N–H and O–H groups in total. The number of rotatable bonds is 24. The molecule has 0 aromatic rings. The highest BCUT2D eigenvalue weighted by molar-refractivity contribution is 7.48. The monoisotopic (exact) mass is 434 g/mol. The first-order valence-electron chi connectivity index (χ1n) is 12.6. The molecule has 1 unspecified atom stereocenters. The van der Waals surface area contributed by atoms with Crippen LogP contribution in [0.3, 0.4) is 0 Å². The highest BCUT2D eigenvalue weighted by Gasteiger charge is 2.24. The van der Waals surface area contributed by atoms with Crippen molar-refractivity contribution in [2.45, 2.75) is 136 Å². The second-order valence-electron chi connectivity index (χ2n) is 8.31. The average Bonchev–Trinajstić information content (AvgIpc) is 2.73. The minimum atomic E-state index is -3.34. The Morgan fingerprint density at radius 3 is 1.03 bits per heavy atom. The summed E-state index contributed by atoms with van der Waals surface area (Å²) in [6.45, 7) is 5.38. The Hall–Kier alpha value is 0.110. The van der Waals surface area contributed by atoms with Gasteiger partial charge in [0.1, 0.15) is 0 Å². The summed E-state index contributed by atoms with van der Waals surface area (Å²) in [5.41, 5.74) is 0. The lowest BCUT2D eigenvalue weighted by Crippen LogP contribution is -2.01. The minimum absolute atomic E-state index is 0.452. The lowest BCUT2D eigenvalue weighted by Gasteiger charge is -2.15. The fourth-order valence-electron chi connectivity index (χ4n) is 3.50. The predicted molar refractivity (Wildman–Crippen MR) is 126 cm³/mol. The molecule has 0 aromatic heterocycles. The lowest BCUT2D eigenvalue weighted by molar-refractivity contribution is 0.127. The van der Waals surface area contributed by atoms with Crippen molar-refractivity contribution in [3.05, 3.63) is 0 Å². The van der Waals surface area contributed by atoms with E-state index in [1.165, 1.54) is 103 Å². The SMILES string of the molecule is CCCCCCCCCCCCCCCCOP(=O)(OC)OCCCCCCC. The summed E-state index contributed by atoms with van der Waals surface area (Å²) in [5, 5.41) is 0. The van der Waals surface area contributed by atoms with Gasteiger partial charge in [0.15, 0.2) is 0 Å². The third kappa shape index (κ3) is 21.1. The van der Waals surface area contributed by atoms with E-state index in [1.807, 2.05) is 0 Å². The molecule has 0 aliphatic rings. The van der Waals surface area contributed by atoms with Crippen LogP contribution in [0.2, 0.25) is 0 Å². The van der Waals surface area contributed by atoms with Gasteiger partial charge >= 0.3 is 7.82 Å². The van der Waals surface area contributed by atoms with Gasteiger partial charge in [0.05, 0.1) is 13.2 Å². The van der Waals surface area contributed by atoms with Gasteiger partial charge in [-0.25, -0.2) is 4.57 Å². The summed E-state index contributed by atoms with van der Waals surface area (Å²) >= 11 is 0. The first-order chi connectivity index (χ1) is 14.2. The van der Waals surface area contributed by atoms with Crippen molar-refractivity contribution in [1.29, 1.82) is 0 Å². The number of hydrogen-bond donors (Lipinski definition) is 0. The highest BCUT2D eigenvalue weighted by atomic mass is 31.2. The van der Waals surface area contributed by atoms with Crippen molar-refractivity contribution in [3.63, 3.8) is 0 Å². The molecule has 176 valence electrons. The van der Waals surface area contributed by atoms with E-state index < -0.39 is 7.82 Å². The largest absolute Gasteiger partial charge is 0.474 e. The number of phosphoric acid groups is 1. The van der Waals surface area contributed by atoms with Crippen LogP contribution >= 0.6 is 7.82 Å². The van der Waals surface area contributed by atoms with E-state index >= 15 is 0 Å². The first-order valence-corrected chi connectivity index (χ1v) is 14.1. The first kappa shape index (κ1) is 29.1. The second kappa shape index (κ2) is 22.8. The fourth-order valence-corrected chi connectivity index (χ4v) is 4.49. The summed E-state index contributed by atoms with van der Waals surface area (Å²) in [7, 11) is -1.94. The lowest BCUT2D eigenvalue weighted by atomic mass is 10.0. The van der Waals surface area contributed by atoms with Crippen molar-refractivity contribution >= 4 is 7.82 Å². The Labute approximate surface area is 182 Å². The van der Waals surface area contributed by atoms with Crippen LogP contribution in [0.25, 0.3) is 0 Å². The third-order valence-electron chi connectivity index (χ3n) is 5.47. The molecule has 0 amide bonds. The maximum absolute atomic E-state index is 12.3. The van der Waals surface area contributed by atoms with Crippen LogP contribution < -0.4 is 0 Å². The Morgan fingerprint density at radius 1 is 0.483 bits per heavy atom. The smallest absolute Gasteiger partial charge is 0.290 e. The van der Waals surface area contributed by atoms with Gasteiger partial charge in [-0.1, -0.05) is 123 Å². The Morgan fingerprint density at radius 2 is 0.759 bits per heavy atom. The molecular formula is C24H51O4P. The summed E-state index contributed by atoms with van der Waals surface area (Å²) in [6.07, 6.45) is 24.2. The Kier molecular flexibility index (Phi) is 22.9. The van der Waals surface area contributed by atoms with E-state index in [2.05, 4.69) is 13.8 Å². The maximum atomic E-state index is 12.3. The molecule has 5 heteroatoms. The number of phosphoric ester groups is 1. The van der Waals surface area contributed by atoms with E-state index in [9.17, 15) is 4.57 Å². The van der Waals surface area contributed by atoms with Crippen molar-refractivity contribution in [2.24, 2.45) is 0 Å². The number of hydrogen-bond acceptors (Lipinski definition) is 4. The van der Waals surface area contributed by atoms with E-state index in [0.29, 0.717) is 13.2 Å². The molecule has 4 nitrogen and oxygen atoms in total. The van der Waals surface area contributed by atoms with Crippen LogP contribution in [0.1, 0.15) is 136 Å². The zero-order valence-corrected chi connectivity index (χ0v) is 20.8. The van der Waals surface area contributed by atoms with Gasteiger partial charge < -0.3 is 0 Å². The molecule has 0 bridgehead atoms. The zero-order chi connectivity index (χ0) is 21.5. The molecule has 29 heavy (non-hydrogen) atoms. The topological polar surface area (TPSA) is 44.8 Å². The molecule has 0 aromatic carbocycles. The molecule has 0 heterocycles. The van der Waals surface area contributed by atoms with Gasteiger partial charge in [-0.2, -0.15) is 0 Å². The fraction of sp³-hybridized carbons (Fsp3) is 1.00. The molecule has 0 aliphatic carbocycles. The van der Waals surface area contributed by atoms with Gasteiger partial charge in [0, 0.05) is 7.11 Å². The summed E-state index contributed by atoms with van der Waals surface area (Å²) in [4.78, 5) is 0. The van der Waals surface area contributed by atoms with Gasteiger partial charge in [-0.3, -0.25) is 13.6 Å². The highest BCUT2D eigenvalue weighted by Crippen LogP contribution is 2.48. The molecule has 0 saturated heterocycles. The van der Waals surface area contributed by atoms with Crippen molar-refractivity contribution in [2.75, 3.05) is 20.3 Å². The van der Waals surface area contributed by atoms with Gasteiger partial charge in [-0.05, 0) is 12.8 Å². The Balaban J connectivity index is 3.39. The third-order valence-corrected chi connectivity index (χ3v) is 6.91. The Bertz CT molecular complexity index is 363. The van der Waals surface area contributed by atoms with E-state index in [4.69, 9.17) is 13.6 Å². The van der Waals surface area contributed by atoms with Gasteiger partial charge in [0.2, 0.25) is 0 Å². The normalized spacial score (nSPS) is 13.6. The number of unbranched alkanes of at least 4 members (excludes halogenated alkanes) is 17. The van der Waals surface area contributed by atoms with Crippen LogP contribution in [-0.4, -0.2) is 20.3 Å². The molecule has 0 spiro atoms. The van der Waals surface area contributed by atoms with Crippen molar-refractivity contribution in [3.8, 4) is 0 Å². The van der Waals surface area contributed by atoms with Crippen LogP contribution in [0.5, 0.6) is 0 Å². The standard InChI is InChI=1S/C24H51O4P/c1-4-6-8-10-11-12-13-14-15-16-17-18-20-22-24-28-29(25,26-3)27-23-21-19-9-7-5-2/h4-24H2,1-3H3. The van der Waals surface area contributed by atoms with Gasteiger partial charge in [-0.15, -0.1) is 0 Å². The molecule has 0 radical (unpaired) electrons. The molecule has 0 aliphatic heterocycles. The minimum Gasteiger partial charge on any atom is -0.290 e. The molecule has 0 fully saturated rings. The van der Waals surface area contributed by atoms with Gasteiger partial charge in [0.25, 0.3) is 0 Å². The van der Waals surface area contributed by atoms with Crippen LogP contribution in [0.4, 0.5) is 0 Å². The van der Waals surface area contributed by atoms with Crippen LogP contribution in [0, 0.1) is 0 Å². The van der Waals surface area contributed by atoms with Crippen molar-refractivity contribution < 1.29 is 18.1 Å². The van der Waals surface area contributed by atoms with E-state index in [-0.39, 0.29) is 0 Å². The van der Waals surface area contributed by atoms with Crippen molar-refractivity contribution in [1.82, 2.24) is 0 Å². The van der Waals surface area contributed by atoms with Crippen LogP contribution in [0.15, 0.2) is 0 Å². The van der Waals surface area contributed by atoms with E-state index in [1.54, 1.807) is 0 Å². The molecule has 0 saturated carbocycles. The van der Waals surface area contributed by atoms with Crippen LogP contribution in [-0.2, 0) is 18.1 Å². The second-order valence-corrected chi connectivity index (χ2v) is 10.1. The van der Waals surface area contributed by atoms with E-state index in [0.717, 1.165) is 25.7 Å². The predicted octanol–water partition coefficient (Wildman–Crippen LogP) is 9.23. The molecule has 0 rings (SSSR count). The average molecular weight is 435 g/mol. The quantitative estimate of drug-likeness (QED) is 0.112. The summed E-state index contributed by atoms with van der Waals surface area (Å²) in [5.74, 6) is 0. The molecular weight excluding hydrogens is 383 g/mol. The summed E-state index contributed by atoms with van der Waals surface area (Å²) in [6, 6.07) is 0. The summed E-state index contributed by atoms with van der Waals surface area (Å²) < 4.78 is 28.1. The molecule has 1 atom stereocenters.